The first-order valence-corrected chi connectivity index (χ1v) is 15.5. The number of urea groups is 1. The third kappa shape index (κ3) is 8.56. The van der Waals surface area contributed by atoms with Crippen LogP contribution in [0, 0.1) is 11.8 Å². The number of ether oxygens (including phenoxy) is 1. The van der Waals surface area contributed by atoms with Crippen LogP contribution in [0.1, 0.15) is 18.5 Å². The lowest BCUT2D eigenvalue weighted by atomic mass is 10.1. The van der Waals surface area contributed by atoms with Gasteiger partial charge in [-0.05, 0) is 49.1 Å². The van der Waals surface area contributed by atoms with E-state index in [-0.39, 0.29) is 41.0 Å². The summed E-state index contributed by atoms with van der Waals surface area (Å²) in [6.45, 7) is 0.927. The van der Waals surface area contributed by atoms with Gasteiger partial charge in [0.1, 0.15) is 12.3 Å². The van der Waals surface area contributed by atoms with E-state index < -0.39 is 28.6 Å². The number of amides is 2. The molecule has 0 bridgehead atoms. The van der Waals surface area contributed by atoms with Crippen LogP contribution in [0.25, 0.3) is 10.9 Å². The fraction of sp³-hybridized carbons (Fsp3) is 0.414. The Hall–Kier alpha value is -3.93. The van der Waals surface area contributed by atoms with Crippen molar-refractivity contribution in [3.05, 3.63) is 48.2 Å². The van der Waals surface area contributed by atoms with E-state index in [4.69, 9.17) is 9.84 Å². The van der Waals surface area contributed by atoms with Crippen molar-refractivity contribution in [2.75, 3.05) is 56.8 Å². The summed E-state index contributed by atoms with van der Waals surface area (Å²) in [5.41, 5.74) is 1.20. The fourth-order valence-electron chi connectivity index (χ4n) is 4.96. The number of aliphatic hydroxyl groups excluding tert-OH is 1. The first-order valence-electron chi connectivity index (χ1n) is 13.6. The van der Waals surface area contributed by atoms with Crippen molar-refractivity contribution in [2.24, 2.45) is 0 Å². The maximum atomic E-state index is 13.5. The van der Waals surface area contributed by atoms with Gasteiger partial charge in [-0.2, -0.15) is 13.2 Å². The van der Waals surface area contributed by atoms with E-state index in [1.807, 2.05) is 0 Å². The molecule has 1 fully saturated rings. The summed E-state index contributed by atoms with van der Waals surface area (Å²) >= 11 is 0. The van der Waals surface area contributed by atoms with Crippen LogP contribution in [0.2, 0.25) is 0 Å². The minimum Gasteiger partial charge on any atom is -0.495 e. The number of β-amino-alcohol motifs (C(OH)–C–C–N with tert-alkyl or cyclic N) is 1. The molecule has 0 saturated carbocycles. The van der Waals surface area contributed by atoms with Crippen LogP contribution in [0.15, 0.2) is 47.4 Å². The second-order valence-electron chi connectivity index (χ2n) is 10.2. The highest BCUT2D eigenvalue weighted by Crippen LogP contribution is 2.31. The molecule has 0 unspecified atom stereocenters. The lowest BCUT2D eigenvalue weighted by molar-refractivity contribution is -0.140. The van der Waals surface area contributed by atoms with E-state index in [2.05, 4.69) is 32.7 Å². The van der Waals surface area contributed by atoms with Crippen LogP contribution < -0.4 is 20.7 Å². The number of carbonyl (C=O) groups is 1. The lowest BCUT2D eigenvalue weighted by Crippen LogP contribution is -2.46. The average molecular weight is 622 g/mol. The smallest absolute Gasteiger partial charge is 0.406 e. The number of rotatable bonds is 9. The molecule has 0 radical (unpaired) electrons. The number of anilines is 2. The minimum absolute atomic E-state index is 0.0345. The van der Waals surface area contributed by atoms with Crippen LogP contribution in [-0.2, 0) is 16.4 Å². The molecular weight excluding hydrogens is 587 g/mol. The number of likely N-dealkylation sites (tertiary alicyclic amines) is 1. The number of sulfone groups is 1. The molecule has 43 heavy (non-hydrogen) atoms. The van der Waals surface area contributed by atoms with Gasteiger partial charge < -0.3 is 35.3 Å². The number of hydrogen-bond donors (Lipinski definition) is 4. The van der Waals surface area contributed by atoms with Crippen molar-refractivity contribution < 1.29 is 36.2 Å². The van der Waals surface area contributed by atoms with E-state index in [1.165, 1.54) is 31.4 Å². The summed E-state index contributed by atoms with van der Waals surface area (Å²) in [7, 11) is -2.05. The van der Waals surface area contributed by atoms with E-state index in [0.717, 1.165) is 36.8 Å². The molecule has 232 valence electrons. The maximum Gasteiger partial charge on any atom is 0.406 e. The predicted octanol–water partition coefficient (Wildman–Crippen LogP) is 3.66. The largest absolute Gasteiger partial charge is 0.495 e. The van der Waals surface area contributed by atoms with Crippen LogP contribution >= 0.6 is 0 Å². The van der Waals surface area contributed by atoms with E-state index in [0.29, 0.717) is 23.3 Å². The molecule has 1 aromatic heterocycles. The molecule has 1 aliphatic heterocycles. The first kappa shape index (κ1) is 32.0. The monoisotopic (exact) mass is 621 g/mol. The molecular formula is C29H34F3N5O5S. The Labute approximate surface area is 248 Å². The lowest BCUT2D eigenvalue weighted by Gasteiger charge is -2.31. The highest BCUT2D eigenvalue weighted by Gasteiger charge is 2.30. The van der Waals surface area contributed by atoms with Gasteiger partial charge in [0.25, 0.3) is 0 Å². The van der Waals surface area contributed by atoms with Crippen molar-refractivity contribution in [3.8, 4) is 17.6 Å². The Bertz CT molecular complexity index is 1620. The topological polar surface area (TPSA) is 125 Å². The summed E-state index contributed by atoms with van der Waals surface area (Å²) in [4.78, 5) is 15.0. The molecule has 1 saturated heterocycles. The molecule has 4 N–H and O–H groups in total. The Balaban J connectivity index is 1.52. The molecule has 2 aromatic carbocycles. The summed E-state index contributed by atoms with van der Waals surface area (Å²) in [5.74, 6) is 5.89. The molecule has 2 heterocycles. The van der Waals surface area contributed by atoms with Gasteiger partial charge in [-0.25, -0.2) is 13.2 Å². The van der Waals surface area contributed by atoms with Gasteiger partial charge in [0.05, 0.1) is 47.7 Å². The predicted molar refractivity (Wildman–Crippen MR) is 158 cm³/mol. The number of fused-ring (bicyclic) bond motifs is 1. The maximum absolute atomic E-state index is 13.5. The summed E-state index contributed by atoms with van der Waals surface area (Å²) in [6, 6.07) is 10.1. The van der Waals surface area contributed by atoms with Gasteiger partial charge in [-0.1, -0.05) is 12.0 Å². The second kappa shape index (κ2) is 13.6. The molecule has 0 aliphatic carbocycles. The van der Waals surface area contributed by atoms with Gasteiger partial charge >= 0.3 is 12.2 Å². The zero-order chi connectivity index (χ0) is 31.2. The number of hydrogen-bond acceptors (Lipinski definition) is 7. The molecule has 3 aromatic rings. The number of methoxy groups -OCH3 is 1. The molecule has 0 spiro atoms. The Morgan fingerprint density at radius 3 is 2.53 bits per heavy atom. The fourth-order valence-corrected chi connectivity index (χ4v) is 5.59. The van der Waals surface area contributed by atoms with Gasteiger partial charge in [0.15, 0.2) is 9.84 Å². The second-order valence-corrected chi connectivity index (χ2v) is 12.2. The quantitative estimate of drug-likeness (QED) is 0.269. The third-order valence-electron chi connectivity index (χ3n) is 7.06. The van der Waals surface area contributed by atoms with Gasteiger partial charge in [0, 0.05) is 43.4 Å². The molecule has 10 nitrogen and oxygen atoms in total. The van der Waals surface area contributed by atoms with Gasteiger partial charge in [-0.15, -0.1) is 0 Å². The van der Waals surface area contributed by atoms with Crippen molar-refractivity contribution in [2.45, 2.75) is 36.5 Å². The number of benzene rings is 2. The molecule has 4 rings (SSSR count). The Kier molecular flexibility index (Phi) is 10.1. The number of halogens is 3. The van der Waals surface area contributed by atoms with Crippen LogP contribution in [-0.4, -0.2) is 87.4 Å². The Morgan fingerprint density at radius 2 is 1.88 bits per heavy atom. The first-order chi connectivity index (χ1) is 20.4. The zero-order valence-electron chi connectivity index (χ0n) is 23.8. The molecule has 14 heteroatoms. The minimum atomic E-state index is -4.51. The number of nitrogens with zero attached hydrogens (tertiary/aromatic N) is 2. The van der Waals surface area contributed by atoms with Crippen LogP contribution in [0.5, 0.6) is 5.75 Å². The van der Waals surface area contributed by atoms with Crippen molar-refractivity contribution in [3.63, 3.8) is 0 Å². The SMILES string of the molecule is COc1cc(S(C)(=O)=O)ccc1NCC#Cc1cc2c(NC(=O)NC3CCN(CCO)CC3)cccc2n1CC(F)(F)F. The summed E-state index contributed by atoms with van der Waals surface area (Å²) in [6.07, 6.45) is -1.98. The standard InChI is InChI=1S/C29H34F3N5O5S/c1-42-27-18-22(43(2,40)41)8-9-25(27)33-12-4-5-21-17-23-24(6-3-7-26(23)37(21)19-29(30,31)32)35-28(39)34-20-10-13-36(14-11-20)15-16-38/h3,6-9,17-18,20,33,38H,10-16,19H2,1-2H3,(H2,34,35,39). The Morgan fingerprint density at radius 1 is 1.14 bits per heavy atom. The molecule has 1 aliphatic rings. The number of aromatic nitrogens is 1. The molecule has 0 atom stereocenters. The number of alkyl halides is 3. The average Bonchev–Trinajstić information content (AvgIpc) is 3.28. The number of aliphatic hydroxyl groups is 1. The van der Waals surface area contributed by atoms with Crippen molar-refractivity contribution in [1.82, 2.24) is 14.8 Å². The molecule has 2 amide bonds. The third-order valence-corrected chi connectivity index (χ3v) is 8.17. The number of nitrogens with one attached hydrogen (secondary N) is 3. The van der Waals surface area contributed by atoms with Crippen molar-refractivity contribution in [1.29, 1.82) is 0 Å². The number of carbonyl (C=O) groups excluding carboxylic acids is 1. The van der Waals surface area contributed by atoms with Gasteiger partial charge in [0.2, 0.25) is 0 Å². The highest BCUT2D eigenvalue weighted by atomic mass is 32.2. The normalized spacial score (nSPS) is 14.7. The van der Waals surface area contributed by atoms with Crippen LogP contribution in [0.4, 0.5) is 29.3 Å². The highest BCUT2D eigenvalue weighted by molar-refractivity contribution is 7.90. The zero-order valence-corrected chi connectivity index (χ0v) is 24.6. The van der Waals surface area contributed by atoms with Gasteiger partial charge in [-0.3, -0.25) is 0 Å². The summed E-state index contributed by atoms with van der Waals surface area (Å²) < 4.78 is 70.6. The summed E-state index contributed by atoms with van der Waals surface area (Å²) in [5, 5.41) is 18.2. The van der Waals surface area contributed by atoms with E-state index in [1.54, 1.807) is 18.2 Å². The number of piperidine rings is 1. The van der Waals surface area contributed by atoms with Crippen molar-refractivity contribution >= 4 is 38.1 Å². The van der Waals surface area contributed by atoms with Crippen LogP contribution in [0.3, 0.4) is 0 Å². The van der Waals surface area contributed by atoms with E-state index >= 15 is 0 Å². The van der Waals surface area contributed by atoms with E-state index in [9.17, 15) is 26.4 Å².